The van der Waals surface area contributed by atoms with Gasteiger partial charge in [0.25, 0.3) is 0 Å². The van der Waals surface area contributed by atoms with Crippen LogP contribution in [0.3, 0.4) is 0 Å². The second kappa shape index (κ2) is 7.45. The van der Waals surface area contributed by atoms with E-state index in [1.54, 1.807) is 0 Å². The number of para-hydroxylation sites is 4. The molecule has 4 rings (SSSR count). The molecule has 0 radical (unpaired) electrons. The summed E-state index contributed by atoms with van der Waals surface area (Å²) in [6.45, 7) is 6.56. The predicted molar refractivity (Wildman–Crippen MR) is 113 cm³/mol. The van der Waals surface area contributed by atoms with Crippen molar-refractivity contribution in [2.45, 2.75) is 25.6 Å². The number of hydrogen-bond donors (Lipinski definition) is 2. The van der Waals surface area contributed by atoms with Crippen molar-refractivity contribution in [2.24, 2.45) is 5.92 Å². The van der Waals surface area contributed by atoms with Crippen LogP contribution < -0.4 is 11.1 Å². The van der Waals surface area contributed by atoms with Gasteiger partial charge >= 0.3 is 0 Å². The third kappa shape index (κ3) is 3.83. The first-order chi connectivity index (χ1) is 13.2. The Morgan fingerprint density at radius 3 is 2.85 bits per heavy atom. The Labute approximate surface area is 160 Å². The van der Waals surface area contributed by atoms with Gasteiger partial charge in [0.2, 0.25) is 0 Å². The van der Waals surface area contributed by atoms with Gasteiger partial charge in [0.1, 0.15) is 5.82 Å². The third-order valence-corrected chi connectivity index (χ3v) is 5.23. The van der Waals surface area contributed by atoms with E-state index in [4.69, 9.17) is 10.7 Å². The molecule has 1 saturated carbocycles. The van der Waals surface area contributed by atoms with Crippen molar-refractivity contribution in [1.82, 2.24) is 14.5 Å². The maximum Gasteiger partial charge on any atom is 0.124 e. The van der Waals surface area contributed by atoms with E-state index < -0.39 is 0 Å². The van der Waals surface area contributed by atoms with Gasteiger partial charge in [-0.05, 0) is 43.7 Å². The molecular weight excluding hydrogens is 334 g/mol. The minimum absolute atomic E-state index is 0.504. The second-order valence-corrected chi connectivity index (χ2v) is 7.45. The lowest BCUT2D eigenvalue weighted by Crippen LogP contribution is -2.24. The molecule has 27 heavy (non-hydrogen) atoms. The normalized spacial score (nSPS) is 18.7. The lowest BCUT2D eigenvalue weighted by Gasteiger charge is -2.17. The largest absolute Gasteiger partial charge is 0.397 e. The Hall–Kier alpha value is -2.79. The smallest absolute Gasteiger partial charge is 0.124 e. The van der Waals surface area contributed by atoms with Crippen molar-refractivity contribution in [3.05, 3.63) is 67.0 Å². The summed E-state index contributed by atoms with van der Waals surface area (Å²) in [5, 5.41) is 3.57. The van der Waals surface area contributed by atoms with Gasteiger partial charge in [0.15, 0.2) is 0 Å². The number of aromatic nitrogens is 2. The van der Waals surface area contributed by atoms with Crippen molar-refractivity contribution in [1.29, 1.82) is 0 Å². The molecule has 2 unspecified atom stereocenters. The van der Waals surface area contributed by atoms with Crippen molar-refractivity contribution in [3.63, 3.8) is 0 Å². The Morgan fingerprint density at radius 1 is 1.26 bits per heavy atom. The summed E-state index contributed by atoms with van der Waals surface area (Å²) in [5.74, 6) is 1.74. The number of rotatable bonds is 8. The van der Waals surface area contributed by atoms with E-state index in [0.717, 1.165) is 42.4 Å². The average molecular weight is 361 g/mol. The molecule has 2 atom stereocenters. The van der Waals surface area contributed by atoms with Crippen LogP contribution in [0.4, 0.5) is 11.4 Å². The SMILES string of the molecule is C=CCn1c(CN(C)CC2CC2Nc2ccccc2N)nc2ccccc21. The molecule has 1 heterocycles. The molecule has 0 amide bonds. The molecule has 2 aromatic carbocycles. The van der Waals surface area contributed by atoms with Crippen LogP contribution in [0.25, 0.3) is 11.0 Å². The molecule has 0 spiro atoms. The van der Waals surface area contributed by atoms with E-state index in [2.05, 4.69) is 46.6 Å². The first kappa shape index (κ1) is 17.6. The van der Waals surface area contributed by atoms with Crippen LogP contribution in [0.2, 0.25) is 0 Å². The highest BCUT2D eigenvalue weighted by atomic mass is 15.2. The Bertz CT molecular complexity index is 945. The number of anilines is 2. The summed E-state index contributed by atoms with van der Waals surface area (Å²) < 4.78 is 2.26. The van der Waals surface area contributed by atoms with Crippen molar-refractivity contribution in [2.75, 3.05) is 24.6 Å². The van der Waals surface area contributed by atoms with Crippen LogP contribution in [-0.4, -0.2) is 34.1 Å². The zero-order valence-corrected chi connectivity index (χ0v) is 15.8. The van der Waals surface area contributed by atoms with Crippen LogP contribution in [0.1, 0.15) is 12.2 Å². The summed E-state index contributed by atoms with van der Waals surface area (Å²) in [7, 11) is 2.17. The molecule has 3 aromatic rings. The molecule has 1 aliphatic rings. The molecule has 1 aliphatic carbocycles. The molecule has 140 valence electrons. The number of fused-ring (bicyclic) bond motifs is 1. The van der Waals surface area contributed by atoms with E-state index in [-0.39, 0.29) is 0 Å². The van der Waals surface area contributed by atoms with Crippen LogP contribution in [0.5, 0.6) is 0 Å². The quantitative estimate of drug-likeness (QED) is 0.474. The van der Waals surface area contributed by atoms with Gasteiger partial charge in [-0.3, -0.25) is 4.90 Å². The minimum Gasteiger partial charge on any atom is -0.397 e. The lowest BCUT2D eigenvalue weighted by molar-refractivity contribution is 0.300. The van der Waals surface area contributed by atoms with E-state index in [1.165, 1.54) is 11.9 Å². The maximum absolute atomic E-state index is 6.04. The molecule has 1 fully saturated rings. The van der Waals surface area contributed by atoms with E-state index >= 15 is 0 Å². The maximum atomic E-state index is 6.04. The van der Waals surface area contributed by atoms with Crippen LogP contribution in [0.15, 0.2) is 61.2 Å². The summed E-state index contributed by atoms with van der Waals surface area (Å²) in [5.41, 5.74) is 10.1. The zero-order chi connectivity index (χ0) is 18.8. The fourth-order valence-corrected chi connectivity index (χ4v) is 3.74. The number of nitrogen functional groups attached to an aromatic ring is 1. The summed E-state index contributed by atoms with van der Waals surface area (Å²) >= 11 is 0. The second-order valence-electron chi connectivity index (χ2n) is 7.45. The first-order valence-electron chi connectivity index (χ1n) is 9.50. The Kier molecular flexibility index (Phi) is 4.86. The topological polar surface area (TPSA) is 59.1 Å². The summed E-state index contributed by atoms with van der Waals surface area (Å²) in [4.78, 5) is 7.20. The van der Waals surface area contributed by atoms with Crippen LogP contribution in [0, 0.1) is 5.92 Å². The number of imidazole rings is 1. The monoisotopic (exact) mass is 361 g/mol. The zero-order valence-electron chi connectivity index (χ0n) is 15.8. The van der Waals surface area contributed by atoms with Gasteiger partial charge in [-0.15, -0.1) is 6.58 Å². The van der Waals surface area contributed by atoms with Crippen molar-refractivity contribution >= 4 is 22.4 Å². The summed E-state index contributed by atoms with van der Waals surface area (Å²) in [6.07, 6.45) is 3.12. The van der Waals surface area contributed by atoms with Gasteiger partial charge < -0.3 is 15.6 Å². The Morgan fingerprint density at radius 2 is 2.04 bits per heavy atom. The predicted octanol–water partition coefficient (Wildman–Crippen LogP) is 3.74. The minimum atomic E-state index is 0.504. The van der Waals surface area contributed by atoms with Gasteiger partial charge in [0, 0.05) is 19.1 Å². The van der Waals surface area contributed by atoms with E-state index in [1.807, 2.05) is 36.4 Å². The lowest BCUT2D eigenvalue weighted by atomic mass is 10.2. The average Bonchev–Trinajstić information content (AvgIpc) is 3.29. The fraction of sp³-hybridized carbons (Fsp3) is 0.318. The molecular formula is C22H27N5. The van der Waals surface area contributed by atoms with Crippen molar-refractivity contribution < 1.29 is 0 Å². The molecule has 5 nitrogen and oxygen atoms in total. The van der Waals surface area contributed by atoms with Crippen LogP contribution in [-0.2, 0) is 13.1 Å². The van der Waals surface area contributed by atoms with Gasteiger partial charge in [-0.2, -0.15) is 0 Å². The van der Waals surface area contributed by atoms with Gasteiger partial charge in [0.05, 0.1) is 29.0 Å². The van der Waals surface area contributed by atoms with Gasteiger partial charge in [-0.25, -0.2) is 4.98 Å². The highest BCUT2D eigenvalue weighted by molar-refractivity contribution is 5.76. The number of nitrogens with one attached hydrogen (secondary N) is 1. The molecule has 1 aromatic heterocycles. The highest BCUT2D eigenvalue weighted by Gasteiger charge is 2.38. The first-order valence-corrected chi connectivity index (χ1v) is 9.50. The molecule has 3 N–H and O–H groups in total. The summed E-state index contributed by atoms with van der Waals surface area (Å²) in [6, 6.07) is 16.8. The van der Waals surface area contributed by atoms with Crippen LogP contribution >= 0.6 is 0 Å². The number of nitrogens with two attached hydrogens (primary N) is 1. The third-order valence-electron chi connectivity index (χ3n) is 5.23. The standard InChI is InChI=1S/C22H27N5/c1-3-12-27-21-11-7-6-10-19(21)25-22(27)15-26(2)14-16-13-20(16)24-18-9-5-4-8-17(18)23/h3-11,16,20,24H,1,12-15,23H2,2H3. The van der Waals surface area contributed by atoms with Crippen molar-refractivity contribution in [3.8, 4) is 0 Å². The number of benzene rings is 2. The molecule has 0 aliphatic heterocycles. The van der Waals surface area contributed by atoms with E-state index in [0.29, 0.717) is 12.0 Å². The van der Waals surface area contributed by atoms with E-state index in [9.17, 15) is 0 Å². The number of allylic oxidation sites excluding steroid dienone is 1. The fourth-order valence-electron chi connectivity index (χ4n) is 3.74. The van der Waals surface area contributed by atoms with Gasteiger partial charge in [-0.1, -0.05) is 30.3 Å². The number of nitrogens with zero attached hydrogens (tertiary/aromatic N) is 3. The number of hydrogen-bond acceptors (Lipinski definition) is 4. The molecule has 5 heteroatoms. The Balaban J connectivity index is 1.38. The highest BCUT2D eigenvalue weighted by Crippen LogP contribution is 2.35. The molecule has 0 saturated heterocycles. The molecule has 0 bridgehead atoms.